The number of benzene rings is 8. The van der Waals surface area contributed by atoms with Gasteiger partial charge in [-0.3, -0.25) is 0 Å². The first-order valence-electron chi connectivity index (χ1n) is 16.0. The summed E-state index contributed by atoms with van der Waals surface area (Å²) in [5, 5.41) is 9.47. The van der Waals surface area contributed by atoms with Crippen LogP contribution in [0, 0.1) is 0 Å². The lowest BCUT2D eigenvalue weighted by Gasteiger charge is -2.27. The van der Waals surface area contributed by atoms with Crippen molar-refractivity contribution in [1.29, 1.82) is 0 Å². The number of rotatable bonds is 4. The third kappa shape index (κ3) is 4.00. The van der Waals surface area contributed by atoms with Crippen molar-refractivity contribution in [3.05, 3.63) is 170 Å². The van der Waals surface area contributed by atoms with Gasteiger partial charge in [-0.25, -0.2) is 0 Å². The molecule has 0 bridgehead atoms. The van der Waals surface area contributed by atoms with Gasteiger partial charge >= 0.3 is 0 Å². The Labute approximate surface area is 271 Å². The highest BCUT2D eigenvalue weighted by molar-refractivity contribution is 6.17. The van der Waals surface area contributed by atoms with Crippen molar-refractivity contribution < 1.29 is 4.42 Å². The molecule has 3 heteroatoms. The molecule has 8 aromatic carbocycles. The van der Waals surface area contributed by atoms with Gasteiger partial charge in [0.15, 0.2) is 0 Å². The Kier molecular flexibility index (Phi) is 5.57. The van der Waals surface area contributed by atoms with Crippen LogP contribution in [0.1, 0.15) is 0 Å². The molecule has 0 unspecified atom stereocenters. The van der Waals surface area contributed by atoms with Crippen LogP contribution in [0.2, 0.25) is 0 Å². The minimum absolute atomic E-state index is 0.913. The van der Waals surface area contributed by atoms with Gasteiger partial charge in [-0.1, -0.05) is 97.1 Å². The summed E-state index contributed by atoms with van der Waals surface area (Å²) in [7, 11) is 0. The first-order chi connectivity index (χ1) is 23.3. The Hall–Kier alpha value is -6.32. The molecule has 0 N–H and O–H groups in total. The van der Waals surface area contributed by atoms with E-state index in [4.69, 9.17) is 4.42 Å². The van der Waals surface area contributed by atoms with Crippen molar-refractivity contribution in [3.8, 4) is 5.69 Å². The number of anilines is 3. The van der Waals surface area contributed by atoms with E-state index in [0.29, 0.717) is 0 Å². The standard InChI is InChI=1S/C44H28N2O/c1-2-13-33(14-3-1)46-39-17-8-6-16-37(39)44-40(18-10-19-41(44)46)45(34-23-21-29-11-4-5-12-30(29)25-34)35-24-22-31-28-43-38(27-32(31)26-35)36-15-7-9-20-42(36)47-43/h1-28H. The van der Waals surface area contributed by atoms with Crippen molar-refractivity contribution in [2.45, 2.75) is 0 Å². The van der Waals surface area contributed by atoms with E-state index >= 15 is 0 Å². The molecule has 0 saturated carbocycles. The van der Waals surface area contributed by atoms with Crippen molar-refractivity contribution in [1.82, 2.24) is 4.57 Å². The van der Waals surface area contributed by atoms with Gasteiger partial charge in [-0.05, 0) is 94.3 Å². The average Bonchev–Trinajstić information content (AvgIpc) is 3.66. The second-order valence-electron chi connectivity index (χ2n) is 12.2. The molecule has 0 aliphatic heterocycles. The Bertz CT molecular complexity index is 2810. The minimum Gasteiger partial charge on any atom is -0.456 e. The number of furan rings is 1. The summed E-state index contributed by atoms with van der Waals surface area (Å²) < 4.78 is 8.62. The lowest BCUT2D eigenvalue weighted by Crippen LogP contribution is -2.10. The predicted octanol–water partition coefficient (Wildman–Crippen LogP) is 12.5. The van der Waals surface area contributed by atoms with Gasteiger partial charge < -0.3 is 13.9 Å². The highest BCUT2D eigenvalue weighted by Crippen LogP contribution is 2.45. The molecule has 3 nitrogen and oxygen atoms in total. The summed E-state index contributed by atoms with van der Waals surface area (Å²) in [6.07, 6.45) is 0. The van der Waals surface area contributed by atoms with Gasteiger partial charge in [0.25, 0.3) is 0 Å². The maximum absolute atomic E-state index is 6.23. The summed E-state index contributed by atoms with van der Waals surface area (Å²) in [4.78, 5) is 2.42. The van der Waals surface area contributed by atoms with Crippen LogP contribution in [0.15, 0.2) is 174 Å². The lowest BCUT2D eigenvalue weighted by atomic mass is 10.0. The topological polar surface area (TPSA) is 21.3 Å². The number of hydrogen-bond acceptors (Lipinski definition) is 2. The number of fused-ring (bicyclic) bond motifs is 8. The smallest absolute Gasteiger partial charge is 0.136 e. The first kappa shape index (κ1) is 26.0. The quantitative estimate of drug-likeness (QED) is 0.200. The molecular formula is C44H28N2O. The fourth-order valence-corrected chi connectivity index (χ4v) is 7.38. The van der Waals surface area contributed by atoms with Gasteiger partial charge in [-0.2, -0.15) is 0 Å². The van der Waals surface area contributed by atoms with Gasteiger partial charge in [0, 0.05) is 38.6 Å². The van der Waals surface area contributed by atoms with Crippen LogP contribution in [0.5, 0.6) is 0 Å². The monoisotopic (exact) mass is 600 g/mol. The third-order valence-electron chi connectivity index (χ3n) is 9.50. The van der Waals surface area contributed by atoms with Crippen molar-refractivity contribution in [3.63, 3.8) is 0 Å². The molecule has 0 atom stereocenters. The van der Waals surface area contributed by atoms with Crippen LogP contribution in [0.3, 0.4) is 0 Å². The molecule has 0 saturated heterocycles. The highest BCUT2D eigenvalue weighted by Gasteiger charge is 2.21. The Morgan fingerprint density at radius 1 is 0.404 bits per heavy atom. The largest absolute Gasteiger partial charge is 0.456 e. The molecule has 0 fully saturated rings. The molecule has 10 rings (SSSR count). The van der Waals surface area contributed by atoms with Crippen molar-refractivity contribution >= 4 is 82.4 Å². The molecule has 0 spiro atoms. The van der Waals surface area contributed by atoms with E-state index in [1.165, 1.54) is 38.0 Å². The van der Waals surface area contributed by atoms with Crippen LogP contribution >= 0.6 is 0 Å². The van der Waals surface area contributed by atoms with Crippen LogP contribution in [0.25, 0.3) is 71.0 Å². The second-order valence-corrected chi connectivity index (χ2v) is 12.2. The van der Waals surface area contributed by atoms with E-state index < -0.39 is 0 Å². The highest BCUT2D eigenvalue weighted by atomic mass is 16.3. The number of aromatic nitrogens is 1. The average molecular weight is 601 g/mol. The molecule has 220 valence electrons. The molecule has 2 heterocycles. The van der Waals surface area contributed by atoms with E-state index in [1.807, 2.05) is 12.1 Å². The van der Waals surface area contributed by atoms with Gasteiger partial charge in [0.2, 0.25) is 0 Å². The van der Waals surface area contributed by atoms with Gasteiger partial charge in [0.05, 0.1) is 16.7 Å². The Balaban J connectivity index is 1.27. The Morgan fingerprint density at radius 2 is 1.06 bits per heavy atom. The number of para-hydroxylation sites is 3. The molecule has 0 amide bonds. The maximum atomic E-state index is 6.23. The molecule has 2 aromatic heterocycles. The number of hydrogen-bond donors (Lipinski definition) is 0. The van der Waals surface area contributed by atoms with Gasteiger partial charge in [-0.15, -0.1) is 0 Å². The van der Waals surface area contributed by atoms with Crippen LogP contribution in [-0.2, 0) is 0 Å². The van der Waals surface area contributed by atoms with E-state index in [1.54, 1.807) is 0 Å². The fourth-order valence-electron chi connectivity index (χ4n) is 7.38. The minimum atomic E-state index is 0.913. The third-order valence-corrected chi connectivity index (χ3v) is 9.50. The summed E-state index contributed by atoms with van der Waals surface area (Å²) in [6, 6.07) is 61.0. The summed E-state index contributed by atoms with van der Waals surface area (Å²) in [5.41, 5.74) is 8.69. The van der Waals surface area contributed by atoms with E-state index in [-0.39, 0.29) is 0 Å². The van der Waals surface area contributed by atoms with E-state index in [2.05, 4.69) is 167 Å². The van der Waals surface area contributed by atoms with E-state index in [9.17, 15) is 0 Å². The van der Waals surface area contributed by atoms with E-state index in [0.717, 1.165) is 50.1 Å². The fraction of sp³-hybridized carbons (Fsp3) is 0. The lowest BCUT2D eigenvalue weighted by molar-refractivity contribution is 0.669. The molecule has 0 aliphatic rings. The van der Waals surface area contributed by atoms with Crippen molar-refractivity contribution in [2.75, 3.05) is 4.90 Å². The SMILES string of the molecule is c1ccc(-n2c3ccccc3c3c(N(c4ccc5ccccc5c4)c4ccc5cc6oc7ccccc7c6cc5c4)cccc32)cc1. The maximum Gasteiger partial charge on any atom is 0.136 e. The normalized spacial score (nSPS) is 11.8. The second kappa shape index (κ2) is 10.1. The predicted molar refractivity (Wildman–Crippen MR) is 198 cm³/mol. The first-order valence-corrected chi connectivity index (χ1v) is 16.0. The summed E-state index contributed by atoms with van der Waals surface area (Å²) >= 11 is 0. The van der Waals surface area contributed by atoms with Crippen molar-refractivity contribution in [2.24, 2.45) is 0 Å². The van der Waals surface area contributed by atoms with Gasteiger partial charge in [0.1, 0.15) is 11.2 Å². The molecule has 0 aliphatic carbocycles. The molecular weight excluding hydrogens is 572 g/mol. The zero-order valence-electron chi connectivity index (χ0n) is 25.5. The number of nitrogens with zero attached hydrogens (tertiary/aromatic N) is 2. The van der Waals surface area contributed by atoms with Crippen LogP contribution in [0.4, 0.5) is 17.1 Å². The molecule has 47 heavy (non-hydrogen) atoms. The molecule has 10 aromatic rings. The summed E-state index contributed by atoms with van der Waals surface area (Å²) in [6.45, 7) is 0. The summed E-state index contributed by atoms with van der Waals surface area (Å²) in [5.74, 6) is 0. The molecule has 0 radical (unpaired) electrons. The van der Waals surface area contributed by atoms with Crippen LogP contribution < -0.4 is 4.90 Å². The van der Waals surface area contributed by atoms with Crippen LogP contribution in [-0.4, -0.2) is 4.57 Å². The zero-order valence-corrected chi connectivity index (χ0v) is 25.5. The Morgan fingerprint density at radius 3 is 1.94 bits per heavy atom. The zero-order chi connectivity index (χ0) is 30.9.